The number of aryl methyl sites for hydroxylation is 2. The molecule has 0 aliphatic carbocycles. The Kier molecular flexibility index (Phi) is 9.08. The predicted octanol–water partition coefficient (Wildman–Crippen LogP) is -0.934. The molecule has 0 aliphatic heterocycles. The van der Waals surface area contributed by atoms with Gasteiger partial charge in [-0.3, -0.25) is 19.6 Å². The predicted molar refractivity (Wildman–Crippen MR) is 132 cm³/mol. The van der Waals surface area contributed by atoms with Crippen molar-refractivity contribution in [1.82, 2.24) is 20.3 Å². The van der Waals surface area contributed by atoms with Crippen LogP contribution < -0.4 is 16.4 Å². The third-order valence-electron chi connectivity index (χ3n) is 6.09. The van der Waals surface area contributed by atoms with Gasteiger partial charge in [-0.2, -0.15) is 0 Å². The van der Waals surface area contributed by atoms with Crippen LogP contribution in [-0.4, -0.2) is 71.9 Å². The van der Waals surface area contributed by atoms with Gasteiger partial charge >= 0.3 is 0 Å². The molecule has 1 aromatic heterocycles. The number of hydroxylamine groups is 1. The molecule has 1 heterocycles. The summed E-state index contributed by atoms with van der Waals surface area (Å²) in [6.45, 7) is 2.48. The summed E-state index contributed by atoms with van der Waals surface area (Å²) in [5.41, 5.74) is 4.02. The van der Waals surface area contributed by atoms with Crippen LogP contribution >= 0.6 is 0 Å². The molecule has 12 heteroatoms. The van der Waals surface area contributed by atoms with E-state index >= 15 is 0 Å². The zero-order valence-corrected chi connectivity index (χ0v) is 20.4. The Hall–Kier alpha value is -3.68. The van der Waals surface area contributed by atoms with E-state index in [9.17, 15) is 29.7 Å². The third kappa shape index (κ3) is 6.56. The van der Waals surface area contributed by atoms with Crippen LogP contribution in [0.25, 0.3) is 11.0 Å². The molecule has 12 nitrogen and oxygen atoms in total. The highest BCUT2D eigenvalue weighted by Crippen LogP contribution is 2.18. The van der Waals surface area contributed by atoms with Crippen molar-refractivity contribution >= 4 is 22.8 Å². The lowest BCUT2D eigenvalue weighted by molar-refractivity contribution is -0.128. The molecule has 3 rings (SSSR count). The van der Waals surface area contributed by atoms with Gasteiger partial charge in [0.2, 0.25) is 5.91 Å². The van der Waals surface area contributed by atoms with E-state index in [1.165, 1.54) is 0 Å². The monoisotopic (exact) mass is 514 g/mol. The summed E-state index contributed by atoms with van der Waals surface area (Å²) in [6, 6.07) is 10.1. The van der Waals surface area contributed by atoms with Crippen LogP contribution in [0.15, 0.2) is 41.2 Å². The lowest BCUT2D eigenvalue weighted by atomic mass is 10.1. The molecule has 0 spiro atoms. The Morgan fingerprint density at radius 3 is 2.24 bits per heavy atom. The van der Waals surface area contributed by atoms with E-state index in [0.717, 1.165) is 15.7 Å². The van der Waals surface area contributed by atoms with Crippen LogP contribution in [-0.2, 0) is 24.3 Å². The summed E-state index contributed by atoms with van der Waals surface area (Å²) in [5, 5.41) is 50.5. The molecule has 198 valence electrons. The molecule has 0 aliphatic rings. The van der Waals surface area contributed by atoms with Crippen molar-refractivity contribution in [3.8, 4) is 0 Å². The van der Waals surface area contributed by atoms with E-state index in [4.69, 9.17) is 10.3 Å². The maximum atomic E-state index is 13.3. The number of benzene rings is 2. The van der Waals surface area contributed by atoms with Crippen LogP contribution in [0, 0.1) is 13.8 Å². The van der Waals surface area contributed by atoms with Gasteiger partial charge < -0.3 is 30.3 Å². The SMILES string of the molecule is Cc1cc2nc(C(=O)NCc3ccc(CC(=O)NO)cc3)c(=O)n(CC(O)C(O)C(O)CO)c2cc1C. The van der Waals surface area contributed by atoms with Gasteiger partial charge in [-0.25, -0.2) is 10.5 Å². The van der Waals surface area contributed by atoms with Gasteiger partial charge in [-0.1, -0.05) is 24.3 Å². The van der Waals surface area contributed by atoms with Crippen molar-refractivity contribution in [3.05, 3.63) is 74.7 Å². The van der Waals surface area contributed by atoms with Crippen LogP contribution in [0.1, 0.15) is 32.7 Å². The first-order valence-corrected chi connectivity index (χ1v) is 11.5. The number of amides is 2. The Morgan fingerprint density at radius 1 is 1.00 bits per heavy atom. The second kappa shape index (κ2) is 12.0. The molecule has 0 saturated heterocycles. The number of hydrogen-bond acceptors (Lipinski definition) is 9. The zero-order valence-electron chi connectivity index (χ0n) is 20.4. The maximum Gasteiger partial charge on any atom is 0.282 e. The van der Waals surface area contributed by atoms with Gasteiger partial charge in [0.15, 0.2) is 5.69 Å². The van der Waals surface area contributed by atoms with Gasteiger partial charge in [-0.15, -0.1) is 0 Å². The molecule has 3 aromatic rings. The molecule has 2 aromatic carbocycles. The molecular formula is C25H30N4O8. The minimum atomic E-state index is -1.73. The van der Waals surface area contributed by atoms with E-state index in [-0.39, 0.29) is 13.0 Å². The summed E-state index contributed by atoms with van der Waals surface area (Å²) >= 11 is 0. The summed E-state index contributed by atoms with van der Waals surface area (Å²) in [5.74, 6) is -1.32. The van der Waals surface area contributed by atoms with Crippen molar-refractivity contribution in [2.24, 2.45) is 0 Å². The first-order chi connectivity index (χ1) is 17.5. The van der Waals surface area contributed by atoms with Crippen LogP contribution in [0.2, 0.25) is 0 Å². The van der Waals surface area contributed by atoms with Gasteiger partial charge in [0.25, 0.3) is 11.5 Å². The first-order valence-electron chi connectivity index (χ1n) is 11.5. The molecule has 3 unspecified atom stereocenters. The van der Waals surface area contributed by atoms with Gasteiger partial charge in [0.05, 0.1) is 30.6 Å². The number of rotatable bonds is 10. The fourth-order valence-corrected chi connectivity index (χ4v) is 3.75. The largest absolute Gasteiger partial charge is 0.394 e. The molecule has 0 bridgehead atoms. The Morgan fingerprint density at radius 2 is 1.62 bits per heavy atom. The summed E-state index contributed by atoms with van der Waals surface area (Å²) in [6.07, 6.45) is -4.97. The van der Waals surface area contributed by atoms with E-state index in [2.05, 4.69) is 10.3 Å². The van der Waals surface area contributed by atoms with E-state index in [0.29, 0.717) is 22.2 Å². The van der Waals surface area contributed by atoms with Gasteiger partial charge in [0.1, 0.15) is 18.3 Å². The minimum Gasteiger partial charge on any atom is -0.394 e. The molecule has 0 fully saturated rings. The third-order valence-corrected chi connectivity index (χ3v) is 6.09. The van der Waals surface area contributed by atoms with E-state index in [1.807, 2.05) is 13.8 Å². The zero-order chi connectivity index (χ0) is 27.3. The Bertz CT molecular complexity index is 1340. The van der Waals surface area contributed by atoms with E-state index in [1.54, 1.807) is 41.9 Å². The van der Waals surface area contributed by atoms with Crippen molar-refractivity contribution in [2.75, 3.05) is 6.61 Å². The molecule has 3 atom stereocenters. The lowest BCUT2D eigenvalue weighted by Gasteiger charge is -2.23. The maximum absolute atomic E-state index is 13.3. The van der Waals surface area contributed by atoms with Gasteiger partial charge in [-0.05, 0) is 48.2 Å². The summed E-state index contributed by atoms with van der Waals surface area (Å²) < 4.78 is 1.11. The highest BCUT2D eigenvalue weighted by molar-refractivity contribution is 5.94. The Balaban J connectivity index is 1.90. The molecule has 7 N–H and O–H groups in total. The number of aliphatic hydroxyl groups excluding tert-OH is 4. The highest BCUT2D eigenvalue weighted by atomic mass is 16.5. The topological polar surface area (TPSA) is 194 Å². The fourth-order valence-electron chi connectivity index (χ4n) is 3.75. The number of aromatic nitrogens is 2. The van der Waals surface area contributed by atoms with Crippen molar-refractivity contribution in [1.29, 1.82) is 0 Å². The molecule has 37 heavy (non-hydrogen) atoms. The standard InChI is InChI=1S/C25H30N4O8/c1-13-7-17-18(8-14(13)2)29(11-19(31)23(34)20(32)12-30)25(36)22(27-17)24(35)26-10-16-5-3-15(4-6-16)9-21(33)28-37/h3-8,19-20,23,30-32,34,37H,9-12H2,1-2H3,(H,26,35)(H,28,33). The minimum absolute atomic E-state index is 0.0154. The molecule has 0 saturated carbocycles. The average Bonchev–Trinajstić information content (AvgIpc) is 2.89. The second-order valence-corrected chi connectivity index (χ2v) is 8.82. The highest BCUT2D eigenvalue weighted by Gasteiger charge is 2.27. The number of hydrogen-bond donors (Lipinski definition) is 7. The fraction of sp³-hybridized carbons (Fsp3) is 0.360. The quantitative estimate of drug-likeness (QED) is 0.132. The van der Waals surface area contributed by atoms with Gasteiger partial charge in [0, 0.05) is 6.54 Å². The number of fused-ring (bicyclic) bond motifs is 1. The molecule has 0 radical (unpaired) electrons. The van der Waals surface area contributed by atoms with E-state index < -0.39 is 54.5 Å². The van der Waals surface area contributed by atoms with Crippen molar-refractivity contribution in [2.45, 2.75) is 51.7 Å². The molecule has 2 amide bonds. The average molecular weight is 515 g/mol. The van der Waals surface area contributed by atoms with Crippen LogP contribution in [0.5, 0.6) is 0 Å². The lowest BCUT2D eigenvalue weighted by Crippen LogP contribution is -2.44. The van der Waals surface area contributed by atoms with Crippen LogP contribution in [0.3, 0.4) is 0 Å². The summed E-state index contributed by atoms with van der Waals surface area (Å²) in [7, 11) is 0. The Labute approximate surface area is 211 Å². The van der Waals surface area contributed by atoms with Crippen molar-refractivity contribution < 1.29 is 35.2 Å². The number of nitrogens with zero attached hydrogens (tertiary/aromatic N) is 2. The molecular weight excluding hydrogens is 484 g/mol. The van der Waals surface area contributed by atoms with Crippen molar-refractivity contribution in [3.63, 3.8) is 0 Å². The number of carbonyl (C=O) groups is 2. The normalized spacial score (nSPS) is 13.7. The number of aliphatic hydroxyl groups is 4. The smallest absolute Gasteiger partial charge is 0.282 e. The second-order valence-electron chi connectivity index (χ2n) is 8.82. The first kappa shape index (κ1) is 27.9. The number of carbonyl (C=O) groups excluding carboxylic acids is 2. The van der Waals surface area contributed by atoms with Crippen LogP contribution in [0.4, 0.5) is 0 Å². The number of nitrogens with one attached hydrogen (secondary N) is 2. The summed E-state index contributed by atoms with van der Waals surface area (Å²) in [4.78, 5) is 41.8.